The number of phenolic OH excluding ortho intramolecular Hbond substituents is 1. The highest BCUT2D eigenvalue weighted by atomic mass is 35.5. The van der Waals surface area contributed by atoms with Crippen LogP contribution in [-0.2, 0) is 5.54 Å². The first-order valence-electron chi connectivity index (χ1n) is 12.1. The van der Waals surface area contributed by atoms with Crippen molar-refractivity contribution in [3.63, 3.8) is 0 Å². The molecular formula is C29H25Cl2N3O4. The molecule has 0 unspecified atom stereocenters. The summed E-state index contributed by atoms with van der Waals surface area (Å²) in [6, 6.07) is 16.3. The molecule has 1 aliphatic carbocycles. The summed E-state index contributed by atoms with van der Waals surface area (Å²) in [6.45, 7) is 3.57. The lowest BCUT2D eigenvalue weighted by Crippen LogP contribution is -2.39. The first-order valence-corrected chi connectivity index (χ1v) is 12.8. The quantitative estimate of drug-likeness (QED) is 0.175. The molecule has 0 spiro atoms. The van der Waals surface area contributed by atoms with E-state index in [9.17, 15) is 14.7 Å². The maximum Gasteiger partial charge on any atom is 0.405 e. The summed E-state index contributed by atoms with van der Waals surface area (Å²) in [7, 11) is 0. The van der Waals surface area contributed by atoms with E-state index in [2.05, 4.69) is 15.6 Å². The lowest BCUT2D eigenvalue weighted by Gasteiger charge is -2.25. The maximum absolute atomic E-state index is 13.2. The average Bonchev–Trinajstić information content (AvgIpc) is 3.72. The standard InChI is InChI=1S/C29H25Cl2N3O4/c1-29(2,34-28(37)38)18-6-8-19(9-7-18)33-25-20-11-16(17-12-22(30)27(36)23(31)13-17)5-10-24(20)32-14-21(25)26(35)15-3-4-15/h5-15,34,36H,3-4H2,1-2H3,(H,32,33)(H,37,38). The van der Waals surface area contributed by atoms with Gasteiger partial charge in [0.05, 0.1) is 32.4 Å². The van der Waals surface area contributed by atoms with Crippen LogP contribution in [0.4, 0.5) is 16.2 Å². The number of nitrogens with zero attached hydrogens (tertiary/aromatic N) is 1. The predicted molar refractivity (Wildman–Crippen MR) is 150 cm³/mol. The first-order chi connectivity index (χ1) is 18.0. The van der Waals surface area contributed by atoms with Gasteiger partial charge in [-0.15, -0.1) is 0 Å². The van der Waals surface area contributed by atoms with Crippen molar-refractivity contribution >= 4 is 57.4 Å². The molecule has 0 atom stereocenters. The van der Waals surface area contributed by atoms with E-state index < -0.39 is 11.6 Å². The second kappa shape index (κ2) is 9.82. The molecule has 0 bridgehead atoms. The third-order valence-electron chi connectivity index (χ3n) is 6.73. The number of nitrogens with one attached hydrogen (secondary N) is 2. The third kappa shape index (κ3) is 5.12. The Kier molecular flexibility index (Phi) is 6.67. The monoisotopic (exact) mass is 549 g/mol. The number of benzene rings is 3. The van der Waals surface area contributed by atoms with Crippen LogP contribution in [0.2, 0.25) is 10.0 Å². The van der Waals surface area contributed by atoms with Crippen molar-refractivity contribution in [1.82, 2.24) is 10.3 Å². The zero-order valence-corrected chi connectivity index (χ0v) is 22.2. The number of ketones is 1. The summed E-state index contributed by atoms with van der Waals surface area (Å²) in [5.41, 5.74) is 4.10. The van der Waals surface area contributed by atoms with Crippen molar-refractivity contribution in [3.05, 3.63) is 82.0 Å². The van der Waals surface area contributed by atoms with E-state index in [4.69, 9.17) is 28.3 Å². The highest BCUT2D eigenvalue weighted by Crippen LogP contribution is 2.40. The van der Waals surface area contributed by atoms with E-state index in [0.717, 1.165) is 35.0 Å². The van der Waals surface area contributed by atoms with Gasteiger partial charge in [-0.1, -0.05) is 41.4 Å². The van der Waals surface area contributed by atoms with Gasteiger partial charge in [0.1, 0.15) is 0 Å². The number of hydrogen-bond acceptors (Lipinski definition) is 5. The van der Waals surface area contributed by atoms with Crippen molar-refractivity contribution in [2.45, 2.75) is 32.2 Å². The predicted octanol–water partition coefficient (Wildman–Crippen LogP) is 7.75. The number of fused-ring (bicyclic) bond motifs is 1. The molecule has 1 aromatic heterocycles. The van der Waals surface area contributed by atoms with Crippen LogP contribution in [0.1, 0.15) is 42.6 Å². The molecular weight excluding hydrogens is 525 g/mol. The Balaban J connectivity index is 1.59. The van der Waals surface area contributed by atoms with E-state index in [1.54, 1.807) is 32.2 Å². The number of aromatic hydroxyl groups is 1. The smallest absolute Gasteiger partial charge is 0.405 e. The molecule has 1 amide bonds. The van der Waals surface area contributed by atoms with Gasteiger partial charge in [-0.25, -0.2) is 4.79 Å². The summed E-state index contributed by atoms with van der Waals surface area (Å²) in [4.78, 5) is 29.0. The van der Waals surface area contributed by atoms with Gasteiger partial charge >= 0.3 is 6.09 Å². The Morgan fingerprint density at radius 1 is 0.974 bits per heavy atom. The van der Waals surface area contributed by atoms with Crippen LogP contribution in [-0.4, -0.2) is 27.1 Å². The van der Waals surface area contributed by atoms with Crippen molar-refractivity contribution in [2.24, 2.45) is 5.92 Å². The molecule has 0 saturated heterocycles. The minimum absolute atomic E-state index is 0.00189. The lowest BCUT2D eigenvalue weighted by atomic mass is 9.94. The average molecular weight is 550 g/mol. The number of Topliss-reactive ketones (excluding diaryl/α,β-unsaturated/α-hetero) is 1. The molecule has 1 aliphatic rings. The van der Waals surface area contributed by atoms with Gasteiger partial charge in [0.2, 0.25) is 0 Å². The van der Waals surface area contributed by atoms with Gasteiger partial charge in [-0.3, -0.25) is 9.78 Å². The van der Waals surface area contributed by atoms with Crippen LogP contribution in [0.5, 0.6) is 5.75 Å². The second-order valence-corrected chi connectivity index (χ2v) is 10.8. The summed E-state index contributed by atoms with van der Waals surface area (Å²) in [5.74, 6) is -0.131. The molecule has 194 valence electrons. The fourth-order valence-electron chi connectivity index (χ4n) is 4.45. The topological polar surface area (TPSA) is 112 Å². The van der Waals surface area contributed by atoms with Crippen molar-refractivity contribution in [2.75, 3.05) is 5.32 Å². The van der Waals surface area contributed by atoms with Crippen LogP contribution in [0, 0.1) is 5.92 Å². The molecule has 0 aliphatic heterocycles. The minimum Gasteiger partial charge on any atom is -0.505 e. The van der Waals surface area contributed by atoms with E-state index in [-0.39, 0.29) is 27.5 Å². The summed E-state index contributed by atoms with van der Waals surface area (Å²) < 4.78 is 0. The third-order valence-corrected chi connectivity index (χ3v) is 7.30. The number of carbonyl (C=O) groups excluding carboxylic acids is 1. The SMILES string of the molecule is CC(C)(NC(=O)O)c1ccc(Nc2c(C(=O)C3CC3)cnc3ccc(-c4cc(Cl)c(O)c(Cl)c4)cc23)cc1. The molecule has 4 aromatic rings. The number of amides is 1. The molecule has 1 fully saturated rings. The number of carboxylic acid groups (broad SMARTS) is 1. The van der Waals surface area contributed by atoms with Crippen LogP contribution in [0.25, 0.3) is 22.0 Å². The van der Waals surface area contributed by atoms with Crippen molar-refractivity contribution < 1.29 is 19.8 Å². The van der Waals surface area contributed by atoms with Gasteiger partial charge < -0.3 is 20.8 Å². The van der Waals surface area contributed by atoms with Crippen molar-refractivity contribution in [1.29, 1.82) is 0 Å². The largest absolute Gasteiger partial charge is 0.505 e. The lowest BCUT2D eigenvalue weighted by molar-refractivity contribution is 0.0968. The Bertz CT molecular complexity index is 1560. The van der Waals surface area contributed by atoms with Crippen molar-refractivity contribution in [3.8, 4) is 16.9 Å². The highest BCUT2D eigenvalue weighted by molar-refractivity contribution is 6.37. The molecule has 7 nitrogen and oxygen atoms in total. The normalized spacial score (nSPS) is 13.4. The number of phenols is 1. The second-order valence-electron chi connectivity index (χ2n) is 9.96. The number of hydrogen-bond donors (Lipinski definition) is 4. The molecule has 38 heavy (non-hydrogen) atoms. The first kappa shape index (κ1) is 25.8. The van der Waals surface area contributed by atoms with E-state index in [1.807, 2.05) is 42.5 Å². The molecule has 1 heterocycles. The van der Waals surface area contributed by atoms with Gasteiger partial charge in [0.15, 0.2) is 11.5 Å². The van der Waals surface area contributed by atoms with Crippen LogP contribution >= 0.6 is 23.2 Å². The summed E-state index contributed by atoms with van der Waals surface area (Å²) in [5, 5.41) is 26.1. The molecule has 0 radical (unpaired) electrons. The Hall–Kier alpha value is -3.81. The molecule has 3 aromatic carbocycles. The minimum atomic E-state index is -1.10. The number of rotatable bonds is 7. The number of anilines is 2. The zero-order valence-electron chi connectivity index (χ0n) is 20.7. The summed E-state index contributed by atoms with van der Waals surface area (Å²) in [6.07, 6.45) is 2.24. The van der Waals surface area contributed by atoms with Gasteiger partial charge in [-0.05, 0) is 79.8 Å². The van der Waals surface area contributed by atoms with Crippen LogP contribution in [0.3, 0.4) is 0 Å². The van der Waals surface area contributed by atoms with E-state index in [0.29, 0.717) is 22.3 Å². The number of carbonyl (C=O) groups is 2. The summed E-state index contributed by atoms with van der Waals surface area (Å²) >= 11 is 12.3. The molecule has 5 rings (SSSR count). The fraction of sp³-hybridized carbons (Fsp3) is 0.207. The number of halogens is 2. The fourth-order valence-corrected chi connectivity index (χ4v) is 4.93. The van der Waals surface area contributed by atoms with E-state index >= 15 is 0 Å². The Morgan fingerprint density at radius 2 is 1.63 bits per heavy atom. The molecule has 1 saturated carbocycles. The molecule has 9 heteroatoms. The van der Waals surface area contributed by atoms with Gasteiger partial charge in [0, 0.05) is 23.2 Å². The number of pyridine rings is 1. The van der Waals surface area contributed by atoms with Gasteiger partial charge in [0.25, 0.3) is 0 Å². The Morgan fingerprint density at radius 3 is 2.24 bits per heavy atom. The zero-order chi connectivity index (χ0) is 27.2. The maximum atomic E-state index is 13.2. The highest BCUT2D eigenvalue weighted by Gasteiger charge is 2.32. The Labute approximate surface area is 229 Å². The molecule has 4 N–H and O–H groups in total. The van der Waals surface area contributed by atoms with E-state index in [1.165, 1.54) is 0 Å². The van der Waals surface area contributed by atoms with Crippen LogP contribution in [0.15, 0.2) is 60.8 Å². The van der Waals surface area contributed by atoms with Gasteiger partial charge in [-0.2, -0.15) is 0 Å². The number of aromatic nitrogens is 1. The van der Waals surface area contributed by atoms with Crippen LogP contribution < -0.4 is 10.6 Å².